The molecular weight excluding hydrogens is 466 g/mol. The van der Waals surface area contributed by atoms with Crippen LogP contribution in [-0.2, 0) is 9.59 Å². The lowest BCUT2D eigenvalue weighted by Gasteiger charge is -2.14. The largest absolute Gasteiger partial charge is 0.465 e. The van der Waals surface area contributed by atoms with Crippen LogP contribution in [0.2, 0.25) is 0 Å². The third-order valence-corrected chi connectivity index (χ3v) is 5.76. The van der Waals surface area contributed by atoms with Gasteiger partial charge in [0.2, 0.25) is 5.91 Å². The van der Waals surface area contributed by atoms with E-state index in [1.165, 1.54) is 11.2 Å². The zero-order valence-electron chi connectivity index (χ0n) is 14.3. The minimum atomic E-state index is -0.451. The Labute approximate surface area is 178 Å². The van der Waals surface area contributed by atoms with Gasteiger partial charge < -0.3 is 4.42 Å². The maximum absolute atomic E-state index is 12.4. The second kappa shape index (κ2) is 9.18. The summed E-state index contributed by atoms with van der Waals surface area (Å²) in [6.07, 6.45) is 3.10. The van der Waals surface area contributed by atoms with E-state index >= 15 is 0 Å². The average Bonchev–Trinajstić information content (AvgIpc) is 3.27. The van der Waals surface area contributed by atoms with Gasteiger partial charge in [0.05, 0.1) is 16.7 Å². The molecule has 0 saturated carbocycles. The smallest absolute Gasteiger partial charge is 0.270 e. The van der Waals surface area contributed by atoms with Crippen molar-refractivity contribution in [1.29, 1.82) is 0 Å². The van der Waals surface area contributed by atoms with Crippen LogP contribution in [0.5, 0.6) is 0 Å². The Morgan fingerprint density at radius 2 is 2.00 bits per heavy atom. The van der Waals surface area contributed by atoms with Crippen molar-refractivity contribution in [2.24, 2.45) is 0 Å². The van der Waals surface area contributed by atoms with E-state index in [2.05, 4.69) is 26.8 Å². The summed E-state index contributed by atoms with van der Waals surface area (Å²) in [4.78, 5) is 38.3. The van der Waals surface area contributed by atoms with Gasteiger partial charge in [-0.05, 0) is 40.2 Å². The lowest BCUT2D eigenvalue weighted by atomic mass is 10.2. The van der Waals surface area contributed by atoms with E-state index in [1.807, 2.05) is 0 Å². The molecular formula is C18H14BrN3O4S2. The van der Waals surface area contributed by atoms with Crippen LogP contribution >= 0.6 is 39.9 Å². The van der Waals surface area contributed by atoms with Crippen molar-refractivity contribution in [3.63, 3.8) is 0 Å². The summed E-state index contributed by atoms with van der Waals surface area (Å²) in [5, 5.41) is 0. The molecule has 0 radical (unpaired) electrons. The van der Waals surface area contributed by atoms with Crippen molar-refractivity contribution < 1.29 is 18.8 Å². The van der Waals surface area contributed by atoms with Gasteiger partial charge in [0, 0.05) is 23.5 Å². The molecule has 2 aromatic rings. The highest BCUT2D eigenvalue weighted by Gasteiger charge is 2.32. The topological polar surface area (TPSA) is 91.7 Å². The Kier molecular flexibility index (Phi) is 6.65. The fraction of sp³-hybridized carbons (Fsp3) is 0.111. The van der Waals surface area contributed by atoms with Crippen LogP contribution in [-0.4, -0.2) is 33.5 Å². The normalized spacial score (nSPS) is 15.2. The van der Waals surface area contributed by atoms with E-state index in [9.17, 15) is 14.4 Å². The van der Waals surface area contributed by atoms with Gasteiger partial charge >= 0.3 is 0 Å². The molecule has 1 fully saturated rings. The fourth-order valence-electron chi connectivity index (χ4n) is 2.31. The summed E-state index contributed by atoms with van der Waals surface area (Å²) in [5.41, 5.74) is 5.07. The number of hydrogen-bond acceptors (Lipinski definition) is 6. The highest BCUT2D eigenvalue weighted by molar-refractivity contribution is 9.10. The summed E-state index contributed by atoms with van der Waals surface area (Å²) in [6.45, 7) is 0.108. The second-order valence-electron chi connectivity index (χ2n) is 5.58. The Bertz CT molecular complexity index is 960. The van der Waals surface area contributed by atoms with E-state index in [4.69, 9.17) is 16.6 Å². The Morgan fingerprint density at radius 1 is 1.21 bits per heavy atom. The van der Waals surface area contributed by atoms with Gasteiger partial charge in [-0.15, -0.1) is 0 Å². The van der Waals surface area contributed by atoms with Crippen molar-refractivity contribution in [3.8, 4) is 0 Å². The minimum Gasteiger partial charge on any atom is -0.465 e. The number of thiocarbonyl (C=S) groups is 1. The molecule has 3 rings (SSSR count). The first-order valence-corrected chi connectivity index (χ1v) is 10.1. The van der Waals surface area contributed by atoms with Crippen molar-refractivity contribution in [2.75, 3.05) is 6.54 Å². The Balaban J connectivity index is 1.50. The monoisotopic (exact) mass is 479 g/mol. The highest BCUT2D eigenvalue weighted by atomic mass is 79.9. The third kappa shape index (κ3) is 4.89. The molecule has 3 amide bonds. The molecule has 0 spiro atoms. The third-order valence-electron chi connectivity index (χ3n) is 3.69. The number of halogens is 1. The summed E-state index contributed by atoms with van der Waals surface area (Å²) >= 11 is 9.64. The number of hydrazine groups is 1. The van der Waals surface area contributed by atoms with Crippen molar-refractivity contribution >= 4 is 68.0 Å². The quantitative estimate of drug-likeness (QED) is 0.388. The standard InChI is InChI=1S/C18H14BrN3O4S2/c19-13-6-2-1-5-12(13)16(24)21-20-15(23)7-8-22-17(25)14(28-18(22)27)10-11-4-3-9-26-11/h1-6,9-10H,7-8H2,(H,20,23)(H,21,24). The maximum atomic E-state index is 12.4. The molecule has 2 N–H and O–H groups in total. The van der Waals surface area contributed by atoms with Gasteiger partial charge in [0.15, 0.2) is 0 Å². The zero-order valence-corrected chi connectivity index (χ0v) is 17.5. The zero-order chi connectivity index (χ0) is 20.1. The van der Waals surface area contributed by atoms with Gasteiger partial charge in [-0.25, -0.2) is 0 Å². The first-order valence-electron chi connectivity index (χ1n) is 8.08. The number of hydrogen-bond donors (Lipinski definition) is 2. The number of carbonyl (C=O) groups is 3. The van der Waals surface area contributed by atoms with E-state index in [0.29, 0.717) is 25.0 Å². The number of nitrogens with zero attached hydrogens (tertiary/aromatic N) is 1. The van der Waals surface area contributed by atoms with Crippen LogP contribution < -0.4 is 10.9 Å². The SMILES string of the molecule is O=C(CCN1C(=O)C(=Cc2ccco2)SC1=S)NNC(=O)c1ccccc1Br. The number of furan rings is 1. The first-order chi connectivity index (χ1) is 13.5. The van der Waals surface area contributed by atoms with E-state index in [0.717, 1.165) is 11.8 Å². The van der Waals surface area contributed by atoms with E-state index < -0.39 is 11.8 Å². The van der Waals surface area contributed by atoms with Crippen LogP contribution in [0.3, 0.4) is 0 Å². The van der Waals surface area contributed by atoms with Gasteiger partial charge in [0.25, 0.3) is 11.8 Å². The van der Waals surface area contributed by atoms with Gasteiger partial charge in [-0.2, -0.15) is 0 Å². The fourth-order valence-corrected chi connectivity index (χ4v) is 4.06. The lowest BCUT2D eigenvalue weighted by Crippen LogP contribution is -2.43. The van der Waals surface area contributed by atoms with Crippen LogP contribution in [0.4, 0.5) is 0 Å². The van der Waals surface area contributed by atoms with Gasteiger partial charge in [0.1, 0.15) is 10.1 Å². The molecule has 10 heteroatoms. The second-order valence-corrected chi connectivity index (χ2v) is 8.11. The molecule has 0 unspecified atom stereocenters. The molecule has 144 valence electrons. The average molecular weight is 480 g/mol. The lowest BCUT2D eigenvalue weighted by molar-refractivity contribution is -0.124. The minimum absolute atomic E-state index is 0.0172. The molecule has 28 heavy (non-hydrogen) atoms. The molecule has 1 saturated heterocycles. The molecule has 1 aromatic heterocycles. The van der Waals surface area contributed by atoms with E-state index in [1.54, 1.807) is 42.5 Å². The van der Waals surface area contributed by atoms with Crippen LogP contribution in [0.15, 0.2) is 56.5 Å². The molecule has 7 nitrogen and oxygen atoms in total. The predicted octanol–water partition coefficient (Wildman–Crippen LogP) is 3.09. The molecule has 1 aliphatic heterocycles. The van der Waals surface area contributed by atoms with Gasteiger partial charge in [-0.1, -0.05) is 36.1 Å². The number of amides is 3. The van der Waals surface area contributed by atoms with E-state index in [-0.39, 0.29) is 18.9 Å². The van der Waals surface area contributed by atoms with Gasteiger partial charge in [-0.3, -0.25) is 30.1 Å². The van der Waals surface area contributed by atoms with Crippen molar-refractivity contribution in [1.82, 2.24) is 15.8 Å². The number of thioether (sulfide) groups is 1. The molecule has 1 aromatic carbocycles. The van der Waals surface area contributed by atoms with Crippen LogP contribution in [0, 0.1) is 0 Å². The summed E-state index contributed by atoms with van der Waals surface area (Å²) in [5.74, 6) is -0.623. The molecule has 2 heterocycles. The summed E-state index contributed by atoms with van der Waals surface area (Å²) < 4.78 is 6.18. The predicted molar refractivity (Wildman–Crippen MR) is 113 cm³/mol. The molecule has 0 atom stereocenters. The first kappa shape index (κ1) is 20.3. The molecule has 0 aliphatic carbocycles. The number of benzene rings is 1. The molecule has 0 bridgehead atoms. The van der Waals surface area contributed by atoms with Crippen LogP contribution in [0.25, 0.3) is 6.08 Å². The highest BCUT2D eigenvalue weighted by Crippen LogP contribution is 2.32. The van der Waals surface area contributed by atoms with Crippen molar-refractivity contribution in [3.05, 3.63) is 63.4 Å². The Morgan fingerprint density at radius 3 is 2.71 bits per heavy atom. The van der Waals surface area contributed by atoms with Crippen molar-refractivity contribution in [2.45, 2.75) is 6.42 Å². The summed E-state index contributed by atoms with van der Waals surface area (Å²) in [7, 11) is 0. The van der Waals surface area contributed by atoms with Crippen LogP contribution in [0.1, 0.15) is 22.5 Å². The summed E-state index contributed by atoms with van der Waals surface area (Å²) in [6, 6.07) is 10.3. The number of rotatable bonds is 5. The Hall–Kier alpha value is -2.43. The number of nitrogens with one attached hydrogen (secondary N) is 2. The maximum Gasteiger partial charge on any atom is 0.270 e. The number of carbonyl (C=O) groups excluding carboxylic acids is 3. The molecule has 1 aliphatic rings.